The number of nitrogens with zero attached hydrogens (tertiary/aromatic N) is 2. The van der Waals surface area contributed by atoms with Gasteiger partial charge >= 0.3 is 0 Å². The van der Waals surface area contributed by atoms with E-state index in [1.807, 2.05) is 6.07 Å². The van der Waals surface area contributed by atoms with Gasteiger partial charge in [0.05, 0.1) is 5.69 Å². The van der Waals surface area contributed by atoms with Gasteiger partial charge in [0, 0.05) is 6.04 Å². The maximum Gasteiger partial charge on any atom is 0.162 e. The van der Waals surface area contributed by atoms with Crippen LogP contribution >= 0.6 is 0 Å². The first-order valence-electron chi connectivity index (χ1n) is 4.49. The summed E-state index contributed by atoms with van der Waals surface area (Å²) >= 11 is 0. The minimum absolute atomic E-state index is 0.0189. The number of hydrogen-bond acceptors (Lipinski definition) is 3. The van der Waals surface area contributed by atoms with Crippen LogP contribution in [0.15, 0.2) is 6.07 Å². The first-order chi connectivity index (χ1) is 6.27. The maximum absolute atomic E-state index is 8.54. The highest BCUT2D eigenvalue weighted by atomic mass is 15.1. The molecule has 0 aliphatic carbocycles. The molecule has 0 aliphatic rings. The van der Waals surface area contributed by atoms with Gasteiger partial charge in [-0.1, -0.05) is 19.8 Å². The van der Waals surface area contributed by atoms with Crippen LogP contribution in [0.1, 0.15) is 43.6 Å². The van der Waals surface area contributed by atoms with Crippen molar-refractivity contribution in [2.75, 3.05) is 0 Å². The number of rotatable bonds is 4. The van der Waals surface area contributed by atoms with Crippen LogP contribution in [0.3, 0.4) is 0 Å². The van der Waals surface area contributed by atoms with E-state index in [0.29, 0.717) is 5.69 Å². The summed E-state index contributed by atoms with van der Waals surface area (Å²) in [5.74, 6) is 0. The summed E-state index contributed by atoms with van der Waals surface area (Å²) in [6, 6.07) is 3.65. The van der Waals surface area contributed by atoms with Crippen LogP contribution in [0.25, 0.3) is 0 Å². The van der Waals surface area contributed by atoms with Crippen molar-refractivity contribution in [2.45, 2.75) is 32.2 Å². The van der Waals surface area contributed by atoms with Crippen molar-refractivity contribution in [3.05, 3.63) is 17.5 Å². The molecule has 0 bridgehead atoms. The summed E-state index contributed by atoms with van der Waals surface area (Å²) in [5, 5.41) is 15.1. The molecule has 4 nitrogen and oxygen atoms in total. The molecule has 3 N–H and O–H groups in total. The van der Waals surface area contributed by atoms with Crippen LogP contribution < -0.4 is 5.73 Å². The van der Waals surface area contributed by atoms with Crippen LogP contribution in [0.2, 0.25) is 0 Å². The molecular formula is C9H14N4. The smallest absolute Gasteiger partial charge is 0.162 e. The number of nitriles is 1. The highest BCUT2D eigenvalue weighted by Gasteiger charge is 2.08. The van der Waals surface area contributed by atoms with E-state index < -0.39 is 0 Å². The second-order valence-corrected chi connectivity index (χ2v) is 3.07. The third-order valence-electron chi connectivity index (χ3n) is 1.98. The molecule has 1 atom stereocenters. The lowest BCUT2D eigenvalue weighted by molar-refractivity contribution is 0.589. The van der Waals surface area contributed by atoms with E-state index >= 15 is 0 Å². The lowest BCUT2D eigenvalue weighted by atomic mass is 10.1. The Morgan fingerprint density at radius 1 is 1.77 bits per heavy atom. The Labute approximate surface area is 77.8 Å². The van der Waals surface area contributed by atoms with Crippen molar-refractivity contribution in [1.29, 1.82) is 5.26 Å². The van der Waals surface area contributed by atoms with Gasteiger partial charge in [0.1, 0.15) is 6.07 Å². The Bertz CT molecular complexity index is 297. The molecule has 0 aromatic carbocycles. The van der Waals surface area contributed by atoms with E-state index in [9.17, 15) is 0 Å². The van der Waals surface area contributed by atoms with E-state index in [4.69, 9.17) is 11.0 Å². The third kappa shape index (κ3) is 2.56. The molecule has 1 aromatic heterocycles. The normalized spacial score (nSPS) is 12.4. The van der Waals surface area contributed by atoms with Gasteiger partial charge in [-0.05, 0) is 12.5 Å². The van der Waals surface area contributed by atoms with E-state index in [2.05, 4.69) is 17.1 Å². The predicted molar refractivity (Wildman–Crippen MR) is 49.8 cm³/mol. The topological polar surface area (TPSA) is 78.5 Å². The summed E-state index contributed by atoms with van der Waals surface area (Å²) < 4.78 is 0. The molecule has 1 aromatic rings. The summed E-state index contributed by atoms with van der Waals surface area (Å²) in [4.78, 5) is 0. The average molecular weight is 178 g/mol. The van der Waals surface area contributed by atoms with Crippen molar-refractivity contribution < 1.29 is 0 Å². The molecule has 0 aliphatic heterocycles. The minimum Gasteiger partial charge on any atom is -0.323 e. The zero-order chi connectivity index (χ0) is 9.68. The van der Waals surface area contributed by atoms with Crippen molar-refractivity contribution in [3.8, 4) is 6.07 Å². The molecule has 13 heavy (non-hydrogen) atoms. The summed E-state index contributed by atoms with van der Waals surface area (Å²) in [6.45, 7) is 2.13. The molecule has 0 saturated carbocycles. The largest absolute Gasteiger partial charge is 0.323 e. The molecule has 4 heteroatoms. The van der Waals surface area contributed by atoms with Gasteiger partial charge in [0.15, 0.2) is 5.69 Å². The van der Waals surface area contributed by atoms with Crippen LogP contribution in [0, 0.1) is 11.3 Å². The first-order valence-corrected chi connectivity index (χ1v) is 4.49. The number of nitrogens with one attached hydrogen (secondary N) is 1. The van der Waals surface area contributed by atoms with E-state index in [-0.39, 0.29) is 6.04 Å². The number of H-pyrrole nitrogens is 1. The Kier molecular flexibility index (Phi) is 3.47. The molecule has 1 rings (SSSR count). The number of nitrogens with two attached hydrogens (primary N) is 1. The second-order valence-electron chi connectivity index (χ2n) is 3.07. The van der Waals surface area contributed by atoms with Crippen LogP contribution in [0.4, 0.5) is 0 Å². The molecule has 0 amide bonds. The average Bonchev–Trinajstić information content (AvgIpc) is 2.62. The van der Waals surface area contributed by atoms with Gasteiger partial charge in [-0.25, -0.2) is 0 Å². The Morgan fingerprint density at radius 2 is 2.54 bits per heavy atom. The molecule has 1 unspecified atom stereocenters. The zero-order valence-corrected chi connectivity index (χ0v) is 7.75. The van der Waals surface area contributed by atoms with Crippen molar-refractivity contribution in [2.24, 2.45) is 5.73 Å². The standard InChI is InChI=1S/C9H14N4/c1-2-3-4-8(11)9-5-7(6-10)12-13-9/h5,8H,2-4,11H2,1H3,(H,12,13). The summed E-state index contributed by atoms with van der Waals surface area (Å²) in [6.07, 6.45) is 3.17. The quantitative estimate of drug-likeness (QED) is 0.732. The Morgan fingerprint density at radius 3 is 3.08 bits per heavy atom. The minimum atomic E-state index is -0.0189. The monoisotopic (exact) mass is 178 g/mol. The Balaban J connectivity index is 2.56. The van der Waals surface area contributed by atoms with E-state index in [1.165, 1.54) is 0 Å². The molecule has 0 radical (unpaired) electrons. The summed E-state index contributed by atoms with van der Waals surface area (Å²) in [5.41, 5.74) is 7.12. The fourth-order valence-corrected chi connectivity index (χ4v) is 1.16. The van der Waals surface area contributed by atoms with Crippen LogP contribution in [-0.2, 0) is 0 Å². The highest BCUT2D eigenvalue weighted by Crippen LogP contribution is 2.14. The molecule has 1 heterocycles. The van der Waals surface area contributed by atoms with Crippen molar-refractivity contribution >= 4 is 0 Å². The molecule has 0 saturated heterocycles. The van der Waals surface area contributed by atoms with Crippen molar-refractivity contribution in [3.63, 3.8) is 0 Å². The van der Waals surface area contributed by atoms with Gasteiger partial charge in [0.2, 0.25) is 0 Å². The van der Waals surface area contributed by atoms with Crippen molar-refractivity contribution in [1.82, 2.24) is 10.2 Å². The number of aromatic amines is 1. The van der Waals surface area contributed by atoms with Gasteiger partial charge in [0.25, 0.3) is 0 Å². The van der Waals surface area contributed by atoms with Crippen LogP contribution in [-0.4, -0.2) is 10.2 Å². The number of aromatic nitrogens is 2. The molecular weight excluding hydrogens is 164 g/mol. The maximum atomic E-state index is 8.54. The first kappa shape index (κ1) is 9.75. The second kappa shape index (κ2) is 4.63. The molecule has 0 fully saturated rings. The molecule has 0 spiro atoms. The van der Waals surface area contributed by atoms with E-state index in [1.54, 1.807) is 6.07 Å². The predicted octanol–water partition coefficient (Wildman–Crippen LogP) is 1.47. The fourth-order valence-electron chi connectivity index (χ4n) is 1.16. The fraction of sp³-hybridized carbons (Fsp3) is 0.556. The SMILES string of the molecule is CCCCC(N)c1cc(C#N)n[nH]1. The highest BCUT2D eigenvalue weighted by molar-refractivity contribution is 5.22. The number of hydrogen-bond donors (Lipinski definition) is 2. The van der Waals surface area contributed by atoms with E-state index in [0.717, 1.165) is 25.0 Å². The lowest BCUT2D eigenvalue weighted by Crippen LogP contribution is -2.10. The Hall–Kier alpha value is -1.34. The van der Waals surface area contributed by atoms with Gasteiger partial charge in [-0.15, -0.1) is 0 Å². The van der Waals surface area contributed by atoms with Crippen LogP contribution in [0.5, 0.6) is 0 Å². The van der Waals surface area contributed by atoms with Gasteiger partial charge < -0.3 is 5.73 Å². The number of unbranched alkanes of at least 4 members (excludes halogenated alkanes) is 1. The third-order valence-corrected chi connectivity index (χ3v) is 1.98. The lowest BCUT2D eigenvalue weighted by Gasteiger charge is -2.06. The van der Waals surface area contributed by atoms with Gasteiger partial charge in [-0.2, -0.15) is 10.4 Å². The zero-order valence-electron chi connectivity index (χ0n) is 7.75. The summed E-state index contributed by atoms with van der Waals surface area (Å²) in [7, 11) is 0. The van der Waals surface area contributed by atoms with Gasteiger partial charge in [-0.3, -0.25) is 5.10 Å². The molecule has 70 valence electrons.